The van der Waals surface area contributed by atoms with Gasteiger partial charge in [-0.3, -0.25) is 9.59 Å². The number of nitrogens with one attached hydrogen (secondary N) is 1. The van der Waals surface area contributed by atoms with Gasteiger partial charge in [0.1, 0.15) is 0 Å². The third-order valence-corrected chi connectivity index (χ3v) is 5.31. The molecule has 0 saturated carbocycles. The summed E-state index contributed by atoms with van der Waals surface area (Å²) in [6.45, 7) is 8.84. The van der Waals surface area contributed by atoms with E-state index in [1.807, 2.05) is 47.3 Å². The summed E-state index contributed by atoms with van der Waals surface area (Å²) in [6, 6.07) is 8.09. The molecule has 1 N–H and O–H groups in total. The maximum atomic E-state index is 13.1. The van der Waals surface area contributed by atoms with Crippen LogP contribution in [-0.4, -0.2) is 52.8 Å². The summed E-state index contributed by atoms with van der Waals surface area (Å²) in [5.74, 6) is 0.597. The van der Waals surface area contributed by atoms with Gasteiger partial charge in [0.15, 0.2) is 0 Å². The second-order valence-corrected chi connectivity index (χ2v) is 7.65. The molecule has 1 aliphatic rings. The minimum atomic E-state index is 0.0786. The van der Waals surface area contributed by atoms with Crippen LogP contribution in [0.1, 0.15) is 53.2 Å². The van der Waals surface area contributed by atoms with Crippen molar-refractivity contribution in [2.75, 3.05) is 26.2 Å². The van der Waals surface area contributed by atoms with Gasteiger partial charge in [-0.15, -0.1) is 0 Å². The fraction of sp³-hybridized carbons (Fsp3) is 0.455. The van der Waals surface area contributed by atoms with Gasteiger partial charge in [0, 0.05) is 44.1 Å². The Bertz CT molecular complexity index is 796. The van der Waals surface area contributed by atoms with Crippen LogP contribution in [-0.2, 0) is 11.2 Å². The molecule has 1 aliphatic heterocycles. The van der Waals surface area contributed by atoms with Crippen molar-refractivity contribution in [3.63, 3.8) is 0 Å². The molecule has 2 heterocycles. The van der Waals surface area contributed by atoms with Crippen LogP contribution >= 0.6 is 0 Å². The Morgan fingerprint density at radius 1 is 1.07 bits per heavy atom. The minimum absolute atomic E-state index is 0.0786. The molecule has 0 bridgehead atoms. The molecule has 0 unspecified atom stereocenters. The molecule has 1 aromatic heterocycles. The predicted octanol–water partition coefficient (Wildman–Crippen LogP) is 3.36. The van der Waals surface area contributed by atoms with Crippen molar-refractivity contribution < 1.29 is 9.59 Å². The SMILES string of the molecule is Cc1ccc(C(C)C)cc1C(=O)N1CCCN(C(=O)Cc2cc[nH]c2)CC1. The molecule has 0 aliphatic carbocycles. The van der Waals surface area contributed by atoms with Gasteiger partial charge in [-0.1, -0.05) is 26.0 Å². The number of hydrogen-bond donors (Lipinski definition) is 1. The zero-order valence-electron chi connectivity index (χ0n) is 16.5. The lowest BCUT2D eigenvalue weighted by molar-refractivity contribution is -0.130. The third kappa shape index (κ3) is 4.59. The molecular weight excluding hydrogens is 338 g/mol. The van der Waals surface area contributed by atoms with E-state index in [1.54, 1.807) is 0 Å². The van der Waals surface area contributed by atoms with Crippen LogP contribution in [0.3, 0.4) is 0 Å². The van der Waals surface area contributed by atoms with Crippen LogP contribution in [0.5, 0.6) is 0 Å². The highest BCUT2D eigenvalue weighted by Crippen LogP contribution is 2.20. The number of benzene rings is 1. The van der Waals surface area contributed by atoms with Crippen LogP contribution in [0.4, 0.5) is 0 Å². The molecule has 144 valence electrons. The van der Waals surface area contributed by atoms with Crippen LogP contribution in [0.2, 0.25) is 0 Å². The molecule has 1 saturated heterocycles. The van der Waals surface area contributed by atoms with Crippen molar-refractivity contribution in [3.05, 3.63) is 58.9 Å². The van der Waals surface area contributed by atoms with Crippen molar-refractivity contribution in [2.24, 2.45) is 0 Å². The largest absolute Gasteiger partial charge is 0.367 e. The number of hydrogen-bond acceptors (Lipinski definition) is 2. The Kier molecular flexibility index (Phi) is 5.99. The van der Waals surface area contributed by atoms with E-state index >= 15 is 0 Å². The number of rotatable bonds is 4. The average molecular weight is 367 g/mol. The van der Waals surface area contributed by atoms with Gasteiger partial charge in [-0.2, -0.15) is 0 Å². The summed E-state index contributed by atoms with van der Waals surface area (Å²) >= 11 is 0. The molecule has 2 aromatic rings. The second kappa shape index (κ2) is 8.42. The maximum Gasteiger partial charge on any atom is 0.254 e. The zero-order valence-corrected chi connectivity index (χ0v) is 16.5. The number of H-pyrrole nitrogens is 1. The van der Waals surface area contributed by atoms with Crippen molar-refractivity contribution in [2.45, 2.75) is 39.5 Å². The Labute approximate surface area is 161 Å². The van der Waals surface area contributed by atoms with Gasteiger partial charge >= 0.3 is 0 Å². The number of nitrogens with zero attached hydrogens (tertiary/aromatic N) is 2. The molecule has 1 aromatic carbocycles. The standard InChI is InChI=1S/C22H29N3O2/c1-16(2)19-6-5-17(3)20(14-19)22(27)25-10-4-9-24(11-12-25)21(26)13-18-7-8-23-15-18/h5-8,14-16,23H,4,9-13H2,1-3H3. The summed E-state index contributed by atoms with van der Waals surface area (Å²) in [6.07, 6.45) is 4.91. The molecule has 0 spiro atoms. The average Bonchev–Trinajstić information content (AvgIpc) is 3.02. The van der Waals surface area contributed by atoms with Gasteiger partial charge in [-0.05, 0) is 48.1 Å². The first-order valence-corrected chi connectivity index (χ1v) is 9.75. The molecule has 2 amide bonds. The number of amides is 2. The number of aromatic amines is 1. The highest BCUT2D eigenvalue weighted by molar-refractivity contribution is 5.96. The molecule has 5 heteroatoms. The van der Waals surface area contributed by atoms with Crippen LogP contribution in [0.15, 0.2) is 36.7 Å². The first-order valence-electron chi connectivity index (χ1n) is 9.75. The van der Waals surface area contributed by atoms with Crippen LogP contribution in [0.25, 0.3) is 0 Å². The van der Waals surface area contributed by atoms with E-state index in [9.17, 15) is 9.59 Å². The van der Waals surface area contributed by atoms with Crippen LogP contribution in [0, 0.1) is 6.92 Å². The molecule has 0 radical (unpaired) electrons. The van der Waals surface area contributed by atoms with E-state index < -0.39 is 0 Å². The number of carbonyl (C=O) groups is 2. The van der Waals surface area contributed by atoms with E-state index in [0.29, 0.717) is 38.5 Å². The van der Waals surface area contributed by atoms with E-state index in [2.05, 4.69) is 24.9 Å². The van der Waals surface area contributed by atoms with Crippen molar-refractivity contribution in [1.29, 1.82) is 0 Å². The molecule has 27 heavy (non-hydrogen) atoms. The highest BCUT2D eigenvalue weighted by atomic mass is 16.2. The lowest BCUT2D eigenvalue weighted by atomic mass is 9.97. The second-order valence-electron chi connectivity index (χ2n) is 7.65. The Morgan fingerprint density at radius 3 is 2.52 bits per heavy atom. The smallest absolute Gasteiger partial charge is 0.254 e. The summed E-state index contributed by atoms with van der Waals surface area (Å²) < 4.78 is 0. The van der Waals surface area contributed by atoms with Crippen molar-refractivity contribution in [3.8, 4) is 0 Å². The third-order valence-electron chi connectivity index (χ3n) is 5.31. The lowest BCUT2D eigenvalue weighted by Crippen LogP contribution is -2.38. The Hall–Kier alpha value is -2.56. The molecular formula is C22H29N3O2. The number of aromatic nitrogens is 1. The van der Waals surface area contributed by atoms with Crippen molar-refractivity contribution >= 4 is 11.8 Å². The lowest BCUT2D eigenvalue weighted by Gasteiger charge is -2.23. The number of aryl methyl sites for hydroxylation is 1. The predicted molar refractivity (Wildman–Crippen MR) is 107 cm³/mol. The quantitative estimate of drug-likeness (QED) is 0.901. The molecule has 1 fully saturated rings. The zero-order chi connectivity index (χ0) is 19.4. The van der Waals surface area contributed by atoms with Gasteiger partial charge in [0.25, 0.3) is 5.91 Å². The van der Waals surface area contributed by atoms with Crippen molar-refractivity contribution in [1.82, 2.24) is 14.8 Å². The molecule has 3 rings (SSSR count). The van der Waals surface area contributed by atoms with Gasteiger partial charge < -0.3 is 14.8 Å². The van der Waals surface area contributed by atoms with E-state index in [0.717, 1.165) is 23.1 Å². The monoisotopic (exact) mass is 367 g/mol. The number of carbonyl (C=O) groups excluding carboxylic acids is 2. The summed E-state index contributed by atoms with van der Waals surface area (Å²) in [7, 11) is 0. The fourth-order valence-corrected chi connectivity index (χ4v) is 3.52. The summed E-state index contributed by atoms with van der Waals surface area (Å²) in [5.41, 5.74) is 3.97. The van der Waals surface area contributed by atoms with E-state index in [4.69, 9.17) is 0 Å². The fourth-order valence-electron chi connectivity index (χ4n) is 3.52. The van der Waals surface area contributed by atoms with E-state index in [1.165, 1.54) is 5.56 Å². The first kappa shape index (κ1) is 19.2. The van der Waals surface area contributed by atoms with Crippen LogP contribution < -0.4 is 0 Å². The summed E-state index contributed by atoms with van der Waals surface area (Å²) in [5, 5.41) is 0. The Balaban J connectivity index is 1.66. The van der Waals surface area contributed by atoms with Gasteiger partial charge in [-0.25, -0.2) is 0 Å². The maximum absolute atomic E-state index is 13.1. The first-order chi connectivity index (χ1) is 13.0. The Morgan fingerprint density at radius 2 is 1.81 bits per heavy atom. The topological polar surface area (TPSA) is 56.4 Å². The molecule has 5 nitrogen and oxygen atoms in total. The minimum Gasteiger partial charge on any atom is -0.367 e. The van der Waals surface area contributed by atoms with Gasteiger partial charge in [0.05, 0.1) is 6.42 Å². The molecule has 0 atom stereocenters. The van der Waals surface area contributed by atoms with Gasteiger partial charge in [0.2, 0.25) is 5.91 Å². The van der Waals surface area contributed by atoms with E-state index in [-0.39, 0.29) is 11.8 Å². The summed E-state index contributed by atoms with van der Waals surface area (Å²) in [4.78, 5) is 32.4. The highest BCUT2D eigenvalue weighted by Gasteiger charge is 2.24. The normalized spacial score (nSPS) is 15.1.